The number of hydrogen-bond donors (Lipinski definition) is 2. The molecule has 0 radical (unpaired) electrons. The first-order valence-corrected chi connectivity index (χ1v) is 13.1. The van der Waals surface area contributed by atoms with E-state index in [1.165, 1.54) is 24.6 Å². The third-order valence-corrected chi connectivity index (χ3v) is 8.04. The van der Waals surface area contributed by atoms with Crippen LogP contribution >= 0.6 is 11.8 Å². The number of benzene rings is 1. The topological polar surface area (TPSA) is 96.0 Å². The molecular formula is C26H30N6O2S. The van der Waals surface area contributed by atoms with Crippen LogP contribution in [0.2, 0.25) is 0 Å². The number of rotatable bonds is 10. The van der Waals surface area contributed by atoms with Gasteiger partial charge in [0.15, 0.2) is 11.0 Å². The quantitative estimate of drug-likeness (QED) is 0.400. The maximum Gasteiger partial charge on any atom is 0.196 e. The van der Waals surface area contributed by atoms with Gasteiger partial charge in [-0.25, -0.2) is 9.97 Å². The Morgan fingerprint density at radius 3 is 2.54 bits per heavy atom. The Kier molecular flexibility index (Phi) is 5.76. The van der Waals surface area contributed by atoms with Crippen LogP contribution in [0, 0.1) is 18.8 Å². The van der Waals surface area contributed by atoms with Crippen molar-refractivity contribution in [3.05, 3.63) is 47.7 Å². The number of hydrogen-bond acceptors (Lipinski definition) is 8. The predicted molar refractivity (Wildman–Crippen MR) is 135 cm³/mol. The van der Waals surface area contributed by atoms with E-state index in [2.05, 4.69) is 20.4 Å². The molecule has 3 heterocycles. The van der Waals surface area contributed by atoms with Crippen LogP contribution in [0.25, 0.3) is 0 Å². The van der Waals surface area contributed by atoms with Crippen LogP contribution < -0.4 is 10.2 Å². The van der Waals surface area contributed by atoms with Crippen molar-refractivity contribution in [2.75, 3.05) is 30.4 Å². The Labute approximate surface area is 209 Å². The Morgan fingerprint density at radius 2 is 1.91 bits per heavy atom. The van der Waals surface area contributed by atoms with Gasteiger partial charge < -0.3 is 15.0 Å². The van der Waals surface area contributed by atoms with Gasteiger partial charge in [-0.05, 0) is 68.0 Å². The number of aryl methyl sites for hydroxylation is 1. The summed E-state index contributed by atoms with van der Waals surface area (Å²) in [5, 5.41) is 11.2. The van der Waals surface area contributed by atoms with E-state index >= 15 is 0 Å². The highest BCUT2D eigenvalue weighted by Crippen LogP contribution is 2.47. The fraction of sp³-hybridized carbons (Fsp3) is 0.462. The average Bonchev–Trinajstić information content (AvgIpc) is 3.73. The lowest BCUT2D eigenvalue weighted by Gasteiger charge is -2.50. The largest absolute Gasteiger partial charge is 0.374 e. The number of ether oxygens (including phenoxy) is 1. The van der Waals surface area contributed by atoms with Gasteiger partial charge in [0.1, 0.15) is 23.0 Å². The number of aromatic amines is 1. The fourth-order valence-electron chi connectivity index (χ4n) is 4.75. The molecule has 0 amide bonds. The van der Waals surface area contributed by atoms with E-state index in [4.69, 9.17) is 14.7 Å². The Balaban J connectivity index is 1.21. The van der Waals surface area contributed by atoms with Crippen molar-refractivity contribution in [3.63, 3.8) is 0 Å². The second-order valence-electron chi connectivity index (χ2n) is 10.0. The molecular weight excluding hydrogens is 460 g/mol. The highest BCUT2D eigenvalue weighted by molar-refractivity contribution is 7.99. The number of nitrogens with zero attached hydrogens (tertiary/aromatic N) is 4. The van der Waals surface area contributed by atoms with Crippen LogP contribution in [0.1, 0.15) is 36.9 Å². The van der Waals surface area contributed by atoms with Crippen molar-refractivity contribution in [3.8, 4) is 0 Å². The van der Waals surface area contributed by atoms with Crippen LogP contribution in [-0.2, 0) is 16.0 Å². The molecule has 9 heteroatoms. The summed E-state index contributed by atoms with van der Waals surface area (Å²) in [6, 6.07) is 12.1. The summed E-state index contributed by atoms with van der Waals surface area (Å²) >= 11 is 1.52. The summed E-state index contributed by atoms with van der Waals surface area (Å²) in [6.07, 6.45) is 5.13. The van der Waals surface area contributed by atoms with E-state index in [0.29, 0.717) is 35.0 Å². The highest BCUT2D eigenvalue weighted by Gasteiger charge is 2.54. The van der Waals surface area contributed by atoms with Crippen molar-refractivity contribution in [1.29, 1.82) is 0 Å². The molecule has 2 aliphatic carbocycles. The molecule has 2 aromatic heterocycles. The Bertz CT molecular complexity index is 1230. The smallest absolute Gasteiger partial charge is 0.196 e. The summed E-state index contributed by atoms with van der Waals surface area (Å²) in [6.45, 7) is 3.66. The van der Waals surface area contributed by atoms with Crippen molar-refractivity contribution in [2.45, 2.75) is 54.7 Å². The lowest BCUT2D eigenvalue weighted by atomic mass is 9.88. The monoisotopic (exact) mass is 490 g/mol. The number of Topliss-reactive ketones (excluding diaryl/α,β-unsaturated/α-hetero) is 1. The Morgan fingerprint density at radius 1 is 1.14 bits per heavy atom. The molecule has 3 aromatic rings. The van der Waals surface area contributed by atoms with Gasteiger partial charge in [-0.15, -0.1) is 0 Å². The zero-order valence-corrected chi connectivity index (χ0v) is 20.9. The first-order chi connectivity index (χ1) is 17.0. The second kappa shape index (κ2) is 8.95. The molecule has 0 atom stereocenters. The average molecular weight is 491 g/mol. The zero-order valence-electron chi connectivity index (χ0n) is 20.1. The fourth-order valence-corrected chi connectivity index (χ4v) is 5.52. The number of carbonyl (C=O) groups excluding carboxylic acids is 1. The number of nitrogens with one attached hydrogen (secondary N) is 2. The van der Waals surface area contributed by atoms with Crippen molar-refractivity contribution >= 4 is 35.0 Å². The third-order valence-electron chi connectivity index (χ3n) is 7.17. The summed E-state index contributed by atoms with van der Waals surface area (Å²) in [7, 11) is 1.83. The van der Waals surface area contributed by atoms with E-state index in [-0.39, 0.29) is 5.60 Å². The first kappa shape index (κ1) is 22.5. The maximum atomic E-state index is 12.1. The number of anilines is 3. The van der Waals surface area contributed by atoms with Crippen molar-refractivity contribution < 1.29 is 9.53 Å². The Hall–Kier alpha value is -2.91. The minimum absolute atomic E-state index is 0.0428. The minimum Gasteiger partial charge on any atom is -0.374 e. The van der Waals surface area contributed by atoms with Gasteiger partial charge in [0, 0.05) is 42.2 Å². The normalized spacial score (nSPS) is 18.9. The van der Waals surface area contributed by atoms with E-state index in [1.54, 1.807) is 0 Å². The zero-order chi connectivity index (χ0) is 24.0. The molecule has 2 N–H and O–H groups in total. The van der Waals surface area contributed by atoms with E-state index in [0.717, 1.165) is 53.7 Å². The van der Waals surface area contributed by atoms with Crippen LogP contribution in [0.3, 0.4) is 0 Å². The number of H-pyrrole nitrogens is 1. The van der Waals surface area contributed by atoms with Gasteiger partial charge in [-0.2, -0.15) is 5.10 Å². The molecule has 1 saturated heterocycles. The van der Waals surface area contributed by atoms with Gasteiger partial charge in [0.25, 0.3) is 0 Å². The molecule has 182 valence electrons. The van der Waals surface area contributed by atoms with Crippen molar-refractivity contribution in [2.24, 2.45) is 11.8 Å². The summed E-state index contributed by atoms with van der Waals surface area (Å²) < 4.78 is 5.92. The van der Waals surface area contributed by atoms with Gasteiger partial charge in [0.2, 0.25) is 0 Å². The molecule has 2 saturated carbocycles. The predicted octanol–water partition coefficient (Wildman–Crippen LogP) is 4.54. The van der Waals surface area contributed by atoms with Gasteiger partial charge >= 0.3 is 0 Å². The van der Waals surface area contributed by atoms with Crippen molar-refractivity contribution in [1.82, 2.24) is 20.2 Å². The lowest BCUT2D eigenvalue weighted by Crippen LogP contribution is -2.64. The van der Waals surface area contributed by atoms with Crippen LogP contribution in [0.15, 0.2) is 46.5 Å². The SMILES string of the molecule is COC1(C2CC2)CN(c2cc(Nc3cc(C)[nH]n3)nc(Sc3ccc(CC(=O)C4CC4)cc3)n2)C1. The third kappa shape index (κ3) is 4.92. The van der Waals surface area contributed by atoms with E-state index < -0.39 is 0 Å². The summed E-state index contributed by atoms with van der Waals surface area (Å²) in [4.78, 5) is 25.1. The molecule has 3 fully saturated rings. The standard InChI is InChI=1S/C26H30N6O2S/c1-16-11-23(31-30-16)27-22-13-24(32-14-26(15-32,34-2)19-7-8-19)29-25(28-22)35-20-9-3-17(4-10-20)12-21(33)18-5-6-18/h3-4,9-11,13,18-19H,5-8,12,14-15H2,1-2H3,(H2,27,28,29,30,31). The molecule has 1 aromatic carbocycles. The molecule has 0 unspecified atom stereocenters. The number of ketones is 1. The minimum atomic E-state index is -0.0428. The molecule has 6 rings (SSSR count). The highest BCUT2D eigenvalue weighted by atomic mass is 32.2. The van der Waals surface area contributed by atoms with Crippen LogP contribution in [0.4, 0.5) is 17.5 Å². The molecule has 3 aliphatic rings. The van der Waals surface area contributed by atoms with Gasteiger partial charge in [-0.3, -0.25) is 9.89 Å². The van der Waals surface area contributed by atoms with Crippen LogP contribution in [0.5, 0.6) is 0 Å². The van der Waals surface area contributed by atoms with E-state index in [9.17, 15) is 4.79 Å². The number of aromatic nitrogens is 4. The lowest BCUT2D eigenvalue weighted by molar-refractivity contribution is -0.119. The molecule has 0 bridgehead atoms. The number of methoxy groups -OCH3 is 1. The summed E-state index contributed by atoms with van der Waals surface area (Å²) in [5.41, 5.74) is 2.00. The molecule has 35 heavy (non-hydrogen) atoms. The van der Waals surface area contributed by atoms with E-state index in [1.807, 2.05) is 50.4 Å². The summed E-state index contributed by atoms with van der Waals surface area (Å²) in [5.74, 6) is 3.63. The van der Waals surface area contributed by atoms with Crippen LogP contribution in [-0.4, -0.2) is 51.7 Å². The molecule has 1 aliphatic heterocycles. The molecule has 0 spiro atoms. The van der Waals surface area contributed by atoms with Gasteiger partial charge in [-0.1, -0.05) is 12.1 Å². The first-order valence-electron chi connectivity index (χ1n) is 12.3. The van der Waals surface area contributed by atoms with Gasteiger partial charge in [0.05, 0.1) is 13.1 Å². The second-order valence-corrected chi connectivity index (χ2v) is 11.1. The number of carbonyl (C=O) groups is 1. The maximum absolute atomic E-state index is 12.1. The molecule has 8 nitrogen and oxygen atoms in total.